The Morgan fingerprint density at radius 2 is 2.50 bits per heavy atom. The van der Waals surface area contributed by atoms with Crippen LogP contribution in [-0.2, 0) is 0 Å². The molecular formula is C7H4N2S. The average Bonchev–Trinajstić information content (AvgIpc) is 2.05. The highest BCUT2D eigenvalue weighted by Gasteiger charge is 2.00. The summed E-state index contributed by atoms with van der Waals surface area (Å²) in [6.45, 7) is 0. The molecule has 1 aliphatic rings. The third-order valence-electron chi connectivity index (χ3n) is 1.18. The summed E-state index contributed by atoms with van der Waals surface area (Å²) in [5, 5.41) is 1.84. The fourth-order valence-electron chi connectivity index (χ4n) is 0.743. The summed E-state index contributed by atoms with van der Waals surface area (Å²) in [6.07, 6.45) is 3.50. The molecule has 48 valence electrons. The van der Waals surface area contributed by atoms with Crippen LogP contribution in [0.3, 0.4) is 0 Å². The second-order valence-electron chi connectivity index (χ2n) is 1.82. The molecule has 1 aromatic heterocycles. The number of nitrogens with zero attached hydrogens (tertiary/aromatic N) is 2. The topological polar surface area (TPSA) is 25.2 Å². The smallest absolute Gasteiger partial charge is 0.105 e. The van der Waals surface area contributed by atoms with Gasteiger partial charge in [0.05, 0.1) is 6.20 Å². The molecule has 3 heteroatoms. The first-order valence-electron chi connectivity index (χ1n) is 2.85. The molecule has 2 rings (SSSR count). The van der Waals surface area contributed by atoms with Crippen LogP contribution in [0.4, 0.5) is 5.69 Å². The van der Waals surface area contributed by atoms with Gasteiger partial charge in [-0.1, -0.05) is 11.8 Å². The number of pyridine rings is 1. The Morgan fingerprint density at radius 3 is 3.40 bits per heavy atom. The molecule has 0 spiro atoms. The summed E-state index contributed by atoms with van der Waals surface area (Å²) >= 11 is 1.62. The highest BCUT2D eigenvalue weighted by molar-refractivity contribution is 8.02. The second-order valence-corrected chi connectivity index (χ2v) is 2.73. The summed E-state index contributed by atoms with van der Waals surface area (Å²) in [4.78, 5) is 9.09. The third kappa shape index (κ3) is 0.856. The van der Waals surface area contributed by atoms with Gasteiger partial charge in [0.1, 0.15) is 5.69 Å². The molecule has 2 nitrogen and oxygen atoms in total. The zero-order valence-electron chi connectivity index (χ0n) is 5.11. The van der Waals surface area contributed by atoms with Gasteiger partial charge in [-0.05, 0) is 11.9 Å². The maximum atomic E-state index is 4.00. The lowest BCUT2D eigenvalue weighted by Gasteiger charge is -2.00. The number of aromatic nitrogens is 1. The predicted molar refractivity (Wildman–Crippen MR) is 41.8 cm³/mol. The van der Waals surface area contributed by atoms with E-state index in [0.29, 0.717) is 0 Å². The van der Waals surface area contributed by atoms with Crippen LogP contribution < -0.4 is 0 Å². The molecule has 10 heavy (non-hydrogen) atoms. The minimum Gasteiger partial charge on any atom is -0.262 e. The summed E-state index contributed by atoms with van der Waals surface area (Å²) in [5.74, 6) is 2.76. The molecule has 2 heterocycles. The highest BCUT2D eigenvalue weighted by Crippen LogP contribution is 2.30. The largest absolute Gasteiger partial charge is 0.262 e. The molecular weight excluding hydrogens is 144 g/mol. The van der Waals surface area contributed by atoms with Crippen LogP contribution in [0.2, 0.25) is 0 Å². The van der Waals surface area contributed by atoms with Gasteiger partial charge in [-0.3, -0.25) is 4.98 Å². The van der Waals surface area contributed by atoms with Crippen molar-refractivity contribution in [2.24, 2.45) is 4.99 Å². The zero-order valence-corrected chi connectivity index (χ0v) is 5.93. The molecule has 1 aromatic rings. The fourth-order valence-corrected chi connectivity index (χ4v) is 1.33. The summed E-state index contributed by atoms with van der Waals surface area (Å²) < 4.78 is 0. The van der Waals surface area contributed by atoms with E-state index in [2.05, 4.69) is 15.8 Å². The molecule has 0 saturated carbocycles. The van der Waals surface area contributed by atoms with Crippen LogP contribution in [0.5, 0.6) is 0 Å². The summed E-state index contributed by atoms with van der Waals surface area (Å²) in [6, 6.07) is 1.95. The molecule has 0 saturated heterocycles. The third-order valence-corrected chi connectivity index (χ3v) is 2.01. The second kappa shape index (κ2) is 2.29. The van der Waals surface area contributed by atoms with Gasteiger partial charge >= 0.3 is 0 Å². The first kappa shape index (κ1) is 5.71. The van der Waals surface area contributed by atoms with Crippen molar-refractivity contribution in [3.8, 4) is 0 Å². The number of fused-ring (bicyclic) bond motifs is 1. The molecule has 0 aromatic carbocycles. The van der Waals surface area contributed by atoms with Crippen LogP contribution in [0.15, 0.2) is 33.8 Å². The maximum Gasteiger partial charge on any atom is 0.105 e. The van der Waals surface area contributed by atoms with Crippen molar-refractivity contribution >= 4 is 23.3 Å². The molecule has 0 N–H and O–H groups in total. The first-order valence-corrected chi connectivity index (χ1v) is 3.73. The first-order chi connectivity index (χ1) is 4.97. The van der Waals surface area contributed by atoms with Crippen LogP contribution in [0.1, 0.15) is 0 Å². The minimum absolute atomic E-state index is 0.912. The Hall–Kier alpha value is -1.05. The van der Waals surface area contributed by atoms with E-state index in [1.807, 2.05) is 11.5 Å². The minimum atomic E-state index is 0.912. The highest BCUT2D eigenvalue weighted by atomic mass is 32.2. The van der Waals surface area contributed by atoms with Crippen LogP contribution in [0, 0.1) is 0 Å². The van der Waals surface area contributed by atoms with E-state index in [0.717, 1.165) is 10.6 Å². The normalized spacial score (nSPS) is 13.2. The molecule has 0 fully saturated rings. The Balaban J connectivity index is 2.63. The van der Waals surface area contributed by atoms with E-state index in [4.69, 9.17) is 0 Å². The molecule has 0 amide bonds. The quantitative estimate of drug-likeness (QED) is 0.562. The van der Waals surface area contributed by atoms with Crippen LogP contribution in [0.25, 0.3) is 0 Å². The average molecular weight is 148 g/mol. The molecule has 1 aliphatic heterocycles. The maximum absolute atomic E-state index is 4.00. The lowest BCUT2D eigenvalue weighted by Crippen LogP contribution is -1.77. The van der Waals surface area contributed by atoms with Gasteiger partial charge in [-0.2, -0.15) is 0 Å². The van der Waals surface area contributed by atoms with Crippen molar-refractivity contribution in [1.82, 2.24) is 4.98 Å². The number of hydrogen-bond acceptors (Lipinski definition) is 3. The van der Waals surface area contributed by atoms with E-state index in [9.17, 15) is 0 Å². The molecule has 0 aliphatic carbocycles. The van der Waals surface area contributed by atoms with Gasteiger partial charge in [0.2, 0.25) is 0 Å². The Morgan fingerprint density at radius 1 is 1.50 bits per heavy atom. The number of aliphatic imine (C=N–C) groups is 1. The van der Waals surface area contributed by atoms with Crippen molar-refractivity contribution in [3.63, 3.8) is 0 Å². The van der Waals surface area contributed by atoms with E-state index >= 15 is 0 Å². The van der Waals surface area contributed by atoms with Gasteiger partial charge in [0.25, 0.3) is 0 Å². The number of hydrogen-bond donors (Lipinski definition) is 0. The predicted octanol–water partition coefficient (Wildman–Crippen LogP) is 2.00. The molecule has 0 bridgehead atoms. The van der Waals surface area contributed by atoms with Crippen molar-refractivity contribution in [2.75, 3.05) is 0 Å². The number of rotatable bonds is 0. The van der Waals surface area contributed by atoms with Gasteiger partial charge in [0, 0.05) is 16.5 Å². The zero-order chi connectivity index (χ0) is 6.81. The lowest BCUT2D eigenvalue weighted by atomic mass is 10.4. The van der Waals surface area contributed by atoms with Crippen molar-refractivity contribution < 1.29 is 0 Å². The SMILES string of the molecule is C1=CSc2ccncc2N=1. The molecule has 0 radical (unpaired) electrons. The van der Waals surface area contributed by atoms with E-state index in [-0.39, 0.29) is 0 Å². The lowest BCUT2D eigenvalue weighted by molar-refractivity contribution is 1.24. The fraction of sp³-hybridized carbons (Fsp3) is 0. The van der Waals surface area contributed by atoms with Gasteiger partial charge in [-0.25, -0.2) is 4.99 Å². The summed E-state index contributed by atoms with van der Waals surface area (Å²) in [7, 11) is 0. The van der Waals surface area contributed by atoms with Gasteiger partial charge in [0.15, 0.2) is 0 Å². The molecule has 0 unspecified atom stereocenters. The Labute approximate surface area is 62.7 Å². The van der Waals surface area contributed by atoms with Crippen molar-refractivity contribution in [3.05, 3.63) is 23.9 Å². The Bertz CT molecular complexity index is 313. The van der Waals surface area contributed by atoms with E-state index < -0.39 is 0 Å². The van der Waals surface area contributed by atoms with Crippen molar-refractivity contribution in [1.29, 1.82) is 0 Å². The van der Waals surface area contributed by atoms with E-state index in [1.165, 1.54) is 0 Å². The molecule has 0 atom stereocenters. The standard InChI is InChI=1S/C7H4N2S/c1-2-8-5-6-7(1)10-4-3-9-6/h1-2,4-5H. The number of thioether (sulfide) groups is 1. The van der Waals surface area contributed by atoms with Gasteiger partial charge in [-0.15, -0.1) is 0 Å². The van der Waals surface area contributed by atoms with Crippen molar-refractivity contribution in [2.45, 2.75) is 4.90 Å². The summed E-state index contributed by atoms with van der Waals surface area (Å²) in [5.41, 5.74) is 0.912. The van der Waals surface area contributed by atoms with Crippen LogP contribution in [-0.4, -0.2) is 10.9 Å². The van der Waals surface area contributed by atoms with Crippen LogP contribution >= 0.6 is 11.8 Å². The Kier molecular flexibility index (Phi) is 1.31. The van der Waals surface area contributed by atoms with E-state index in [1.54, 1.807) is 24.2 Å². The van der Waals surface area contributed by atoms with Gasteiger partial charge < -0.3 is 0 Å². The monoisotopic (exact) mass is 148 g/mol.